The van der Waals surface area contributed by atoms with Crippen molar-refractivity contribution in [1.82, 2.24) is 4.98 Å². The third-order valence-corrected chi connectivity index (χ3v) is 4.23. The Bertz CT molecular complexity index is 438. The van der Waals surface area contributed by atoms with Gasteiger partial charge in [-0.3, -0.25) is 0 Å². The zero-order chi connectivity index (χ0) is 10.7. The van der Waals surface area contributed by atoms with Gasteiger partial charge in [-0.05, 0) is 17.7 Å². The molecule has 0 fully saturated rings. The van der Waals surface area contributed by atoms with Crippen molar-refractivity contribution in [1.29, 1.82) is 0 Å². The van der Waals surface area contributed by atoms with Crippen molar-refractivity contribution in [2.24, 2.45) is 0 Å². The van der Waals surface area contributed by atoms with E-state index in [-0.39, 0.29) is 0 Å². The minimum absolute atomic E-state index is 0.777. The number of thiazole rings is 1. The zero-order valence-electron chi connectivity index (χ0n) is 7.91. The molecule has 0 aliphatic rings. The van der Waals surface area contributed by atoms with Crippen LogP contribution in [0.15, 0.2) is 30.5 Å². The van der Waals surface area contributed by atoms with Crippen LogP contribution < -0.4 is 0 Å². The van der Waals surface area contributed by atoms with Crippen molar-refractivity contribution in [2.45, 2.75) is 11.8 Å². The molecule has 2 rings (SSSR count). The second kappa shape index (κ2) is 5.10. The Hall–Kier alpha value is -0.380. The molecule has 15 heavy (non-hydrogen) atoms. The molecular weight excluding hydrogens is 294 g/mol. The van der Waals surface area contributed by atoms with Gasteiger partial charge in [0.05, 0.1) is 5.01 Å². The van der Waals surface area contributed by atoms with E-state index in [2.05, 4.69) is 20.9 Å². The predicted octanol–water partition coefficient (Wildman–Crippen LogP) is 4.28. The molecule has 0 atom stereocenters. The van der Waals surface area contributed by atoms with Gasteiger partial charge in [0.2, 0.25) is 0 Å². The van der Waals surface area contributed by atoms with Crippen LogP contribution in [0, 0.1) is 0 Å². The maximum atomic E-state index is 5.82. The smallest absolute Gasteiger partial charge is 0.0971 e. The van der Waals surface area contributed by atoms with E-state index in [0.29, 0.717) is 0 Å². The van der Waals surface area contributed by atoms with E-state index in [1.807, 2.05) is 30.5 Å². The third-order valence-electron chi connectivity index (χ3n) is 2.00. The predicted molar refractivity (Wildman–Crippen MR) is 69.0 cm³/mol. The summed E-state index contributed by atoms with van der Waals surface area (Å²) >= 11 is 11.0. The summed E-state index contributed by atoms with van der Waals surface area (Å²) in [6.07, 6.45) is 2.81. The SMILES string of the molecule is Clc1ccc(Cc2ncc(CBr)s2)cc1. The first-order chi connectivity index (χ1) is 7.28. The van der Waals surface area contributed by atoms with Crippen molar-refractivity contribution < 1.29 is 0 Å². The topological polar surface area (TPSA) is 12.9 Å². The summed E-state index contributed by atoms with van der Waals surface area (Å²) in [7, 11) is 0. The quantitative estimate of drug-likeness (QED) is 0.771. The molecule has 4 heteroatoms. The second-order valence-corrected chi connectivity index (χ2v) is 5.35. The highest BCUT2D eigenvalue weighted by Gasteiger charge is 2.02. The molecule has 2 aromatic rings. The normalized spacial score (nSPS) is 10.5. The number of rotatable bonds is 3. The van der Waals surface area contributed by atoms with Gasteiger partial charge in [0.1, 0.15) is 0 Å². The molecule has 1 aromatic carbocycles. The first-order valence-corrected chi connectivity index (χ1v) is 6.83. The molecule has 78 valence electrons. The van der Waals surface area contributed by atoms with Crippen LogP contribution in [0.25, 0.3) is 0 Å². The maximum Gasteiger partial charge on any atom is 0.0971 e. The molecule has 0 unspecified atom stereocenters. The van der Waals surface area contributed by atoms with E-state index < -0.39 is 0 Å². The fraction of sp³-hybridized carbons (Fsp3) is 0.182. The lowest BCUT2D eigenvalue weighted by Crippen LogP contribution is -1.85. The Labute approximate surface area is 106 Å². The van der Waals surface area contributed by atoms with Gasteiger partial charge in [0, 0.05) is 27.8 Å². The minimum atomic E-state index is 0.777. The third kappa shape index (κ3) is 3.03. The molecule has 0 bridgehead atoms. The van der Waals surface area contributed by atoms with Gasteiger partial charge in [-0.1, -0.05) is 39.7 Å². The molecule has 0 spiro atoms. The average Bonchev–Trinajstić information content (AvgIpc) is 2.69. The summed E-state index contributed by atoms with van der Waals surface area (Å²) in [5.41, 5.74) is 1.25. The first kappa shape index (κ1) is 11.1. The van der Waals surface area contributed by atoms with Crippen LogP contribution in [0.5, 0.6) is 0 Å². The van der Waals surface area contributed by atoms with Gasteiger partial charge in [0.25, 0.3) is 0 Å². The molecule has 0 aliphatic carbocycles. The second-order valence-electron chi connectivity index (χ2n) is 3.16. The van der Waals surface area contributed by atoms with E-state index in [4.69, 9.17) is 11.6 Å². The monoisotopic (exact) mass is 301 g/mol. The van der Waals surface area contributed by atoms with Gasteiger partial charge < -0.3 is 0 Å². The van der Waals surface area contributed by atoms with Crippen LogP contribution in [-0.4, -0.2) is 4.98 Å². The maximum absolute atomic E-state index is 5.82. The Kier molecular flexibility index (Phi) is 3.78. The highest BCUT2D eigenvalue weighted by Crippen LogP contribution is 2.19. The zero-order valence-corrected chi connectivity index (χ0v) is 11.1. The molecule has 0 N–H and O–H groups in total. The molecule has 1 aromatic heterocycles. The number of benzene rings is 1. The van der Waals surface area contributed by atoms with Crippen LogP contribution in [0.1, 0.15) is 15.4 Å². The van der Waals surface area contributed by atoms with Crippen molar-refractivity contribution >= 4 is 38.9 Å². The number of alkyl halides is 1. The van der Waals surface area contributed by atoms with Crippen LogP contribution >= 0.6 is 38.9 Å². The molecule has 0 amide bonds. The van der Waals surface area contributed by atoms with Crippen LogP contribution in [0.2, 0.25) is 5.02 Å². The number of hydrogen-bond acceptors (Lipinski definition) is 2. The largest absolute Gasteiger partial charge is 0.249 e. The molecule has 0 radical (unpaired) electrons. The van der Waals surface area contributed by atoms with Crippen molar-refractivity contribution in [3.63, 3.8) is 0 Å². The molecule has 0 aliphatic heterocycles. The Morgan fingerprint density at radius 1 is 1.27 bits per heavy atom. The summed E-state index contributed by atoms with van der Waals surface area (Å²) in [6, 6.07) is 7.90. The van der Waals surface area contributed by atoms with E-state index in [9.17, 15) is 0 Å². The molecular formula is C11H9BrClNS. The lowest BCUT2D eigenvalue weighted by molar-refractivity contribution is 1.14. The number of nitrogens with zero attached hydrogens (tertiary/aromatic N) is 1. The standard InChI is InChI=1S/C11H9BrClNS/c12-6-10-7-14-11(15-10)5-8-1-3-9(13)4-2-8/h1-4,7H,5-6H2. The van der Waals surface area contributed by atoms with Crippen molar-refractivity contribution in [3.05, 3.63) is 50.9 Å². The molecule has 1 nitrogen and oxygen atoms in total. The highest BCUT2D eigenvalue weighted by molar-refractivity contribution is 9.08. The molecule has 0 saturated heterocycles. The first-order valence-electron chi connectivity index (χ1n) is 4.52. The summed E-state index contributed by atoms with van der Waals surface area (Å²) in [5.74, 6) is 0. The minimum Gasteiger partial charge on any atom is -0.249 e. The van der Waals surface area contributed by atoms with E-state index in [0.717, 1.165) is 21.8 Å². The Morgan fingerprint density at radius 3 is 2.60 bits per heavy atom. The van der Waals surface area contributed by atoms with Crippen LogP contribution in [0.3, 0.4) is 0 Å². The van der Waals surface area contributed by atoms with E-state index >= 15 is 0 Å². The fourth-order valence-electron chi connectivity index (χ4n) is 1.27. The average molecular weight is 303 g/mol. The molecule has 1 heterocycles. The summed E-state index contributed by atoms with van der Waals surface area (Å²) < 4.78 is 0. The van der Waals surface area contributed by atoms with Crippen LogP contribution in [-0.2, 0) is 11.8 Å². The van der Waals surface area contributed by atoms with E-state index in [1.165, 1.54) is 10.4 Å². The van der Waals surface area contributed by atoms with Crippen LogP contribution in [0.4, 0.5) is 0 Å². The van der Waals surface area contributed by atoms with Gasteiger partial charge >= 0.3 is 0 Å². The van der Waals surface area contributed by atoms with Gasteiger partial charge in [-0.2, -0.15) is 0 Å². The van der Waals surface area contributed by atoms with Gasteiger partial charge in [-0.25, -0.2) is 4.98 Å². The number of aromatic nitrogens is 1. The summed E-state index contributed by atoms with van der Waals surface area (Å²) in [6.45, 7) is 0. The fourth-order valence-corrected chi connectivity index (χ4v) is 2.69. The highest BCUT2D eigenvalue weighted by atomic mass is 79.9. The lowest BCUT2D eigenvalue weighted by Gasteiger charge is -1.97. The van der Waals surface area contributed by atoms with Gasteiger partial charge in [-0.15, -0.1) is 11.3 Å². The van der Waals surface area contributed by atoms with E-state index in [1.54, 1.807) is 11.3 Å². The number of hydrogen-bond donors (Lipinski definition) is 0. The van der Waals surface area contributed by atoms with Crippen molar-refractivity contribution in [2.75, 3.05) is 0 Å². The lowest BCUT2D eigenvalue weighted by atomic mass is 10.2. The van der Waals surface area contributed by atoms with Crippen molar-refractivity contribution in [3.8, 4) is 0 Å². The number of halogens is 2. The summed E-state index contributed by atoms with van der Waals surface area (Å²) in [5, 5.41) is 2.80. The van der Waals surface area contributed by atoms with Gasteiger partial charge in [0.15, 0.2) is 0 Å². The summed E-state index contributed by atoms with van der Waals surface area (Å²) in [4.78, 5) is 5.62. The Morgan fingerprint density at radius 2 is 2.00 bits per heavy atom. The molecule has 0 saturated carbocycles. The Balaban J connectivity index is 2.11.